The number of benzene rings is 1. The third-order valence-corrected chi connectivity index (χ3v) is 3.55. The van der Waals surface area contributed by atoms with Crippen LogP contribution in [0.15, 0.2) is 18.2 Å². The van der Waals surface area contributed by atoms with Gasteiger partial charge < -0.3 is 15.4 Å². The molecule has 0 atom stereocenters. The molecule has 1 aliphatic carbocycles. The van der Waals surface area contributed by atoms with Crippen molar-refractivity contribution in [1.82, 2.24) is 10.6 Å². The standard InChI is InChI=1S/C14H21FN2O/c1-16-9-14(5-6-14)10-17-8-11-3-4-13(18-2)12(15)7-11/h3-4,7,16-17H,5-6,8-10H2,1-2H3. The van der Waals surface area contributed by atoms with Gasteiger partial charge in [-0.15, -0.1) is 0 Å². The fraction of sp³-hybridized carbons (Fsp3) is 0.571. The molecule has 1 saturated carbocycles. The summed E-state index contributed by atoms with van der Waals surface area (Å²) in [6, 6.07) is 5.10. The van der Waals surface area contributed by atoms with Crippen LogP contribution in [0.4, 0.5) is 4.39 Å². The first-order valence-electron chi connectivity index (χ1n) is 6.37. The van der Waals surface area contributed by atoms with Gasteiger partial charge in [0.15, 0.2) is 11.6 Å². The molecule has 1 aromatic carbocycles. The predicted octanol–water partition coefficient (Wildman–Crippen LogP) is 1.92. The lowest BCUT2D eigenvalue weighted by Gasteiger charge is -2.15. The molecule has 100 valence electrons. The minimum atomic E-state index is -0.298. The van der Waals surface area contributed by atoms with E-state index in [-0.39, 0.29) is 5.82 Å². The molecule has 18 heavy (non-hydrogen) atoms. The van der Waals surface area contributed by atoms with Gasteiger partial charge in [0.25, 0.3) is 0 Å². The maximum Gasteiger partial charge on any atom is 0.165 e. The Bertz CT molecular complexity index is 405. The van der Waals surface area contributed by atoms with Crippen molar-refractivity contribution in [2.24, 2.45) is 5.41 Å². The van der Waals surface area contributed by atoms with Crippen LogP contribution in [0.2, 0.25) is 0 Å². The number of halogens is 1. The van der Waals surface area contributed by atoms with Gasteiger partial charge in [-0.3, -0.25) is 0 Å². The maximum absolute atomic E-state index is 13.5. The molecule has 0 radical (unpaired) electrons. The highest BCUT2D eigenvalue weighted by molar-refractivity contribution is 5.29. The van der Waals surface area contributed by atoms with E-state index in [1.807, 2.05) is 13.1 Å². The molecule has 0 saturated heterocycles. The molecule has 1 fully saturated rings. The van der Waals surface area contributed by atoms with E-state index in [0.29, 0.717) is 17.7 Å². The van der Waals surface area contributed by atoms with Crippen LogP contribution in [0, 0.1) is 11.2 Å². The highest BCUT2D eigenvalue weighted by Crippen LogP contribution is 2.44. The molecule has 3 nitrogen and oxygen atoms in total. The summed E-state index contributed by atoms with van der Waals surface area (Å²) < 4.78 is 18.4. The number of rotatable bonds is 7. The fourth-order valence-corrected chi connectivity index (χ4v) is 2.26. The Labute approximate surface area is 108 Å². The van der Waals surface area contributed by atoms with E-state index < -0.39 is 0 Å². The number of methoxy groups -OCH3 is 1. The second kappa shape index (κ2) is 5.67. The molecule has 4 heteroatoms. The first-order chi connectivity index (χ1) is 8.69. The van der Waals surface area contributed by atoms with Crippen LogP contribution in [-0.4, -0.2) is 27.2 Å². The van der Waals surface area contributed by atoms with Gasteiger partial charge in [-0.05, 0) is 43.0 Å². The van der Waals surface area contributed by atoms with Gasteiger partial charge >= 0.3 is 0 Å². The highest BCUT2D eigenvalue weighted by Gasteiger charge is 2.41. The van der Waals surface area contributed by atoms with Crippen LogP contribution in [0.25, 0.3) is 0 Å². The van der Waals surface area contributed by atoms with Crippen molar-refractivity contribution in [3.63, 3.8) is 0 Å². The van der Waals surface area contributed by atoms with E-state index in [0.717, 1.165) is 18.7 Å². The third-order valence-electron chi connectivity index (χ3n) is 3.55. The molecule has 0 bridgehead atoms. The molecule has 0 aliphatic heterocycles. The van der Waals surface area contributed by atoms with E-state index in [4.69, 9.17) is 4.74 Å². The average Bonchev–Trinajstić information content (AvgIpc) is 3.10. The molecule has 0 aromatic heterocycles. The largest absolute Gasteiger partial charge is 0.494 e. The topological polar surface area (TPSA) is 33.3 Å². The lowest BCUT2D eigenvalue weighted by atomic mass is 10.1. The number of hydrogen-bond acceptors (Lipinski definition) is 3. The predicted molar refractivity (Wildman–Crippen MR) is 70.3 cm³/mol. The summed E-state index contributed by atoms with van der Waals surface area (Å²) in [6.45, 7) is 2.74. The van der Waals surface area contributed by atoms with Gasteiger partial charge in [-0.1, -0.05) is 6.07 Å². The highest BCUT2D eigenvalue weighted by atomic mass is 19.1. The van der Waals surface area contributed by atoms with Gasteiger partial charge in [0.2, 0.25) is 0 Å². The molecule has 2 rings (SSSR count). The minimum Gasteiger partial charge on any atom is -0.494 e. The summed E-state index contributed by atoms with van der Waals surface area (Å²) in [5, 5.41) is 6.63. The summed E-state index contributed by atoms with van der Waals surface area (Å²) in [4.78, 5) is 0. The van der Waals surface area contributed by atoms with Crippen molar-refractivity contribution >= 4 is 0 Å². The molecule has 0 spiro atoms. The van der Waals surface area contributed by atoms with Crippen LogP contribution in [0.1, 0.15) is 18.4 Å². The van der Waals surface area contributed by atoms with Crippen LogP contribution >= 0.6 is 0 Å². The van der Waals surface area contributed by atoms with Gasteiger partial charge in [-0.2, -0.15) is 0 Å². The van der Waals surface area contributed by atoms with Gasteiger partial charge in [0, 0.05) is 19.6 Å². The first kappa shape index (κ1) is 13.3. The van der Waals surface area contributed by atoms with E-state index in [2.05, 4.69) is 10.6 Å². The molecule has 0 amide bonds. The summed E-state index contributed by atoms with van der Waals surface area (Å²) in [7, 11) is 3.46. The Kier molecular flexibility index (Phi) is 4.19. The van der Waals surface area contributed by atoms with E-state index in [9.17, 15) is 4.39 Å². The average molecular weight is 252 g/mol. The van der Waals surface area contributed by atoms with Gasteiger partial charge in [0.05, 0.1) is 7.11 Å². The second-order valence-corrected chi connectivity index (χ2v) is 5.10. The van der Waals surface area contributed by atoms with Crippen LogP contribution in [0.5, 0.6) is 5.75 Å². The van der Waals surface area contributed by atoms with E-state index in [1.54, 1.807) is 6.07 Å². The first-order valence-corrected chi connectivity index (χ1v) is 6.37. The zero-order valence-electron chi connectivity index (χ0n) is 11.1. The minimum absolute atomic E-state index is 0.298. The lowest BCUT2D eigenvalue weighted by Crippen LogP contribution is -2.31. The SMILES string of the molecule is CNCC1(CNCc2ccc(OC)c(F)c2)CC1. The van der Waals surface area contributed by atoms with Gasteiger partial charge in [-0.25, -0.2) is 4.39 Å². The van der Waals surface area contributed by atoms with E-state index in [1.165, 1.54) is 26.0 Å². The van der Waals surface area contributed by atoms with Crippen molar-refractivity contribution in [2.75, 3.05) is 27.2 Å². The monoisotopic (exact) mass is 252 g/mol. The summed E-state index contributed by atoms with van der Waals surface area (Å²) in [6.07, 6.45) is 2.55. The summed E-state index contributed by atoms with van der Waals surface area (Å²) in [5.41, 5.74) is 1.38. The number of nitrogens with one attached hydrogen (secondary N) is 2. The van der Waals surface area contributed by atoms with Crippen molar-refractivity contribution in [3.05, 3.63) is 29.6 Å². The van der Waals surface area contributed by atoms with Crippen LogP contribution in [-0.2, 0) is 6.54 Å². The molecule has 1 aliphatic rings. The normalized spacial score (nSPS) is 16.6. The third kappa shape index (κ3) is 3.21. The molecule has 0 unspecified atom stereocenters. The van der Waals surface area contributed by atoms with E-state index >= 15 is 0 Å². The Morgan fingerprint density at radius 1 is 1.33 bits per heavy atom. The fourth-order valence-electron chi connectivity index (χ4n) is 2.26. The molecular formula is C14H21FN2O. The summed E-state index contributed by atoms with van der Waals surface area (Å²) in [5.74, 6) is 0.000700. The second-order valence-electron chi connectivity index (χ2n) is 5.10. The quantitative estimate of drug-likeness (QED) is 0.778. The maximum atomic E-state index is 13.5. The molecular weight excluding hydrogens is 231 g/mol. The van der Waals surface area contributed by atoms with Crippen LogP contribution in [0.3, 0.4) is 0 Å². The Balaban J connectivity index is 1.82. The van der Waals surface area contributed by atoms with Crippen LogP contribution < -0.4 is 15.4 Å². The van der Waals surface area contributed by atoms with Crippen molar-refractivity contribution in [3.8, 4) is 5.75 Å². The zero-order valence-corrected chi connectivity index (χ0v) is 11.1. The van der Waals surface area contributed by atoms with Crippen molar-refractivity contribution < 1.29 is 9.13 Å². The van der Waals surface area contributed by atoms with Gasteiger partial charge in [0.1, 0.15) is 0 Å². The Morgan fingerprint density at radius 3 is 2.67 bits per heavy atom. The van der Waals surface area contributed by atoms with Crippen molar-refractivity contribution in [1.29, 1.82) is 0 Å². The zero-order chi connectivity index (χ0) is 13.0. The lowest BCUT2D eigenvalue weighted by molar-refractivity contribution is 0.385. The molecule has 2 N–H and O–H groups in total. The summed E-state index contributed by atoms with van der Waals surface area (Å²) >= 11 is 0. The molecule has 0 heterocycles. The van der Waals surface area contributed by atoms with Crippen molar-refractivity contribution in [2.45, 2.75) is 19.4 Å². The smallest absolute Gasteiger partial charge is 0.165 e. The Hall–Kier alpha value is -1.13. The molecule has 1 aromatic rings. The number of hydrogen-bond donors (Lipinski definition) is 2. The Morgan fingerprint density at radius 2 is 2.11 bits per heavy atom. The number of ether oxygens (including phenoxy) is 1.